The molecule has 0 radical (unpaired) electrons. The highest BCUT2D eigenvalue weighted by Crippen LogP contribution is 2.43. The minimum atomic E-state index is -0.322. The molecule has 1 saturated heterocycles. The zero-order chi connectivity index (χ0) is 11.8. The van der Waals surface area contributed by atoms with E-state index in [2.05, 4.69) is 24.3 Å². The van der Waals surface area contributed by atoms with E-state index in [9.17, 15) is 0 Å². The van der Waals surface area contributed by atoms with E-state index in [0.29, 0.717) is 0 Å². The first-order chi connectivity index (χ1) is 8.23. The Morgan fingerprint density at radius 1 is 0.889 bits per heavy atom. The van der Waals surface area contributed by atoms with Crippen molar-refractivity contribution in [2.45, 2.75) is 37.0 Å². The molecular weight excluding hydrogens is 250 g/mol. The van der Waals surface area contributed by atoms with Gasteiger partial charge in [0, 0.05) is 18.4 Å². The molecular formula is C14H20ClNO2. The van der Waals surface area contributed by atoms with Gasteiger partial charge in [0.05, 0.1) is 13.2 Å². The molecule has 4 heteroatoms. The highest BCUT2D eigenvalue weighted by Gasteiger charge is 2.45. The van der Waals surface area contributed by atoms with Gasteiger partial charge >= 0.3 is 0 Å². The molecule has 100 valence electrons. The second-order valence-electron chi connectivity index (χ2n) is 5.13. The first-order valence-electron chi connectivity index (χ1n) is 6.35. The summed E-state index contributed by atoms with van der Waals surface area (Å²) in [6.45, 7) is 1.45. The van der Waals surface area contributed by atoms with Crippen molar-refractivity contribution in [3.8, 4) is 0 Å². The number of ether oxygens (including phenoxy) is 2. The number of hydrogen-bond acceptors (Lipinski definition) is 3. The summed E-state index contributed by atoms with van der Waals surface area (Å²) in [7, 11) is 0. The third-order valence-electron chi connectivity index (χ3n) is 4.07. The lowest BCUT2D eigenvalue weighted by Crippen LogP contribution is -2.47. The van der Waals surface area contributed by atoms with Crippen LogP contribution in [0.25, 0.3) is 0 Å². The summed E-state index contributed by atoms with van der Waals surface area (Å²) in [6, 6.07) is 10.4. The molecule has 1 aromatic carbocycles. The van der Waals surface area contributed by atoms with Crippen LogP contribution in [0.1, 0.15) is 31.2 Å². The third-order valence-corrected chi connectivity index (χ3v) is 4.07. The Hall–Kier alpha value is -0.610. The monoisotopic (exact) mass is 269 g/mol. The molecule has 1 aliphatic carbocycles. The fraction of sp³-hybridized carbons (Fsp3) is 0.571. The third kappa shape index (κ3) is 2.41. The van der Waals surface area contributed by atoms with Gasteiger partial charge in [-0.1, -0.05) is 30.3 Å². The van der Waals surface area contributed by atoms with Crippen LogP contribution < -0.4 is 5.73 Å². The van der Waals surface area contributed by atoms with E-state index in [0.717, 1.165) is 38.9 Å². The van der Waals surface area contributed by atoms with Gasteiger partial charge in [-0.25, -0.2) is 0 Å². The molecule has 1 aromatic rings. The van der Waals surface area contributed by atoms with Crippen LogP contribution in [0.2, 0.25) is 0 Å². The Morgan fingerprint density at radius 3 is 2.00 bits per heavy atom. The van der Waals surface area contributed by atoms with E-state index < -0.39 is 0 Å². The lowest BCUT2D eigenvalue weighted by molar-refractivity contribution is -0.185. The fourth-order valence-electron chi connectivity index (χ4n) is 2.92. The topological polar surface area (TPSA) is 44.5 Å². The number of nitrogens with two attached hydrogens (primary N) is 1. The first kappa shape index (κ1) is 13.8. The van der Waals surface area contributed by atoms with Crippen molar-refractivity contribution >= 4 is 12.4 Å². The van der Waals surface area contributed by atoms with E-state index in [1.54, 1.807) is 0 Å². The van der Waals surface area contributed by atoms with Gasteiger partial charge in [0.2, 0.25) is 0 Å². The summed E-state index contributed by atoms with van der Waals surface area (Å²) < 4.78 is 11.5. The van der Waals surface area contributed by atoms with Crippen molar-refractivity contribution in [2.24, 2.45) is 5.73 Å². The van der Waals surface area contributed by atoms with Crippen molar-refractivity contribution in [3.05, 3.63) is 35.9 Å². The Labute approximate surface area is 114 Å². The molecule has 0 aromatic heterocycles. The smallest absolute Gasteiger partial charge is 0.168 e. The average molecular weight is 270 g/mol. The molecule has 2 fully saturated rings. The normalized spacial score (nSPS) is 24.7. The average Bonchev–Trinajstić information content (AvgIpc) is 2.84. The number of hydrogen-bond donors (Lipinski definition) is 1. The van der Waals surface area contributed by atoms with Crippen molar-refractivity contribution in [1.82, 2.24) is 0 Å². The van der Waals surface area contributed by atoms with Crippen LogP contribution in [-0.2, 0) is 15.0 Å². The predicted octanol–water partition coefficient (Wildman–Crippen LogP) is 2.58. The Bertz CT molecular complexity index is 380. The van der Waals surface area contributed by atoms with Crippen molar-refractivity contribution < 1.29 is 9.47 Å². The summed E-state index contributed by atoms with van der Waals surface area (Å²) >= 11 is 0. The van der Waals surface area contributed by atoms with E-state index in [1.807, 2.05) is 6.07 Å². The molecule has 0 bridgehead atoms. The number of benzene rings is 1. The Morgan fingerprint density at radius 2 is 1.44 bits per heavy atom. The van der Waals surface area contributed by atoms with Crippen molar-refractivity contribution in [3.63, 3.8) is 0 Å². The van der Waals surface area contributed by atoms with Crippen molar-refractivity contribution in [1.29, 1.82) is 0 Å². The molecule has 0 atom stereocenters. The summed E-state index contributed by atoms with van der Waals surface area (Å²) in [4.78, 5) is 0. The van der Waals surface area contributed by atoms with Crippen LogP contribution in [0.15, 0.2) is 30.3 Å². The fourth-order valence-corrected chi connectivity index (χ4v) is 2.92. The lowest BCUT2D eigenvalue weighted by Gasteiger charge is -2.41. The van der Waals surface area contributed by atoms with Gasteiger partial charge in [0.1, 0.15) is 0 Å². The van der Waals surface area contributed by atoms with Gasteiger partial charge < -0.3 is 15.2 Å². The molecule has 1 saturated carbocycles. The summed E-state index contributed by atoms with van der Waals surface area (Å²) in [5.41, 5.74) is 7.54. The molecule has 3 nitrogen and oxygen atoms in total. The van der Waals surface area contributed by atoms with Crippen LogP contribution in [0.5, 0.6) is 0 Å². The van der Waals surface area contributed by atoms with Gasteiger partial charge in [-0.05, 0) is 18.4 Å². The molecule has 0 unspecified atom stereocenters. The van der Waals surface area contributed by atoms with Crippen molar-refractivity contribution in [2.75, 3.05) is 13.2 Å². The maximum atomic E-state index is 6.52. The molecule has 1 heterocycles. The minimum absolute atomic E-state index is 0. The number of rotatable bonds is 1. The van der Waals surface area contributed by atoms with Crippen LogP contribution in [0.4, 0.5) is 0 Å². The second-order valence-corrected chi connectivity index (χ2v) is 5.13. The van der Waals surface area contributed by atoms with Crippen LogP contribution >= 0.6 is 12.4 Å². The molecule has 1 aliphatic heterocycles. The standard InChI is InChI=1S/C14H19NO2.ClH/c15-13(12-4-2-1-3-5-12)6-8-14(9-7-13)16-10-11-17-14;/h1-5H,6-11,15H2;1H. The maximum Gasteiger partial charge on any atom is 0.168 e. The van der Waals surface area contributed by atoms with Gasteiger partial charge in [0.15, 0.2) is 5.79 Å². The molecule has 2 N–H and O–H groups in total. The number of halogens is 1. The molecule has 3 rings (SSSR count). The predicted molar refractivity (Wildman–Crippen MR) is 72.7 cm³/mol. The highest BCUT2D eigenvalue weighted by atomic mass is 35.5. The largest absolute Gasteiger partial charge is 0.348 e. The summed E-state index contributed by atoms with van der Waals surface area (Å²) in [5.74, 6) is -0.322. The van der Waals surface area contributed by atoms with Crippen LogP contribution in [0, 0.1) is 0 Å². The Kier molecular flexibility index (Phi) is 3.97. The lowest BCUT2D eigenvalue weighted by atomic mass is 9.75. The van der Waals surface area contributed by atoms with Crippen LogP contribution in [-0.4, -0.2) is 19.0 Å². The van der Waals surface area contributed by atoms with Gasteiger partial charge in [0.25, 0.3) is 0 Å². The SMILES string of the molecule is Cl.NC1(c2ccccc2)CCC2(CC1)OCCO2. The Balaban J connectivity index is 0.00000120. The first-order valence-corrected chi connectivity index (χ1v) is 6.35. The molecule has 0 amide bonds. The minimum Gasteiger partial charge on any atom is -0.348 e. The highest BCUT2D eigenvalue weighted by molar-refractivity contribution is 5.85. The maximum absolute atomic E-state index is 6.52. The summed E-state index contributed by atoms with van der Waals surface area (Å²) in [6.07, 6.45) is 3.66. The van der Waals surface area contributed by atoms with Gasteiger partial charge in [-0.15, -0.1) is 12.4 Å². The van der Waals surface area contributed by atoms with E-state index in [-0.39, 0.29) is 23.7 Å². The van der Waals surface area contributed by atoms with Gasteiger partial charge in [-0.3, -0.25) is 0 Å². The van der Waals surface area contributed by atoms with E-state index >= 15 is 0 Å². The van der Waals surface area contributed by atoms with Gasteiger partial charge in [-0.2, -0.15) is 0 Å². The molecule has 18 heavy (non-hydrogen) atoms. The molecule has 1 spiro atoms. The summed E-state index contributed by atoms with van der Waals surface area (Å²) in [5, 5.41) is 0. The second kappa shape index (κ2) is 5.17. The van der Waals surface area contributed by atoms with E-state index in [1.165, 1.54) is 5.56 Å². The quantitative estimate of drug-likeness (QED) is 0.852. The van der Waals surface area contributed by atoms with Crippen LogP contribution in [0.3, 0.4) is 0 Å². The molecule has 2 aliphatic rings. The zero-order valence-electron chi connectivity index (χ0n) is 10.4. The van der Waals surface area contributed by atoms with E-state index in [4.69, 9.17) is 15.2 Å². The zero-order valence-corrected chi connectivity index (χ0v) is 11.2.